The van der Waals surface area contributed by atoms with Crippen molar-refractivity contribution in [2.45, 2.75) is 104 Å². The van der Waals surface area contributed by atoms with Crippen molar-refractivity contribution in [3.8, 4) is 0 Å². The third-order valence-corrected chi connectivity index (χ3v) is 5.51. The predicted octanol–water partition coefficient (Wildman–Crippen LogP) is 4.36. The normalized spacial score (nSPS) is 19.8. The lowest BCUT2D eigenvalue weighted by Gasteiger charge is -2.36. The second-order valence-electron chi connectivity index (χ2n) is 11.1. The number of nitrogens with one attached hydrogen (secondary N) is 2. The maximum Gasteiger partial charge on any atom is 0.408 e. The summed E-state index contributed by atoms with van der Waals surface area (Å²) in [7, 11) is 0. The Balaban J connectivity index is 2.40. The Morgan fingerprint density at radius 1 is 1.09 bits per heavy atom. The molecule has 3 amide bonds. The van der Waals surface area contributed by atoms with Gasteiger partial charge in [0.05, 0.1) is 0 Å². The largest absolute Gasteiger partial charge is 0.444 e. The molecular weight excluding hydrogens is 418 g/mol. The number of ether oxygens (including phenoxy) is 1. The average Bonchev–Trinajstić information content (AvgIpc) is 3.38. The predicted molar refractivity (Wildman–Crippen MR) is 130 cm³/mol. The van der Waals surface area contributed by atoms with E-state index in [-0.39, 0.29) is 23.8 Å². The molecule has 1 aromatic rings. The number of carbonyl (C=O) groups excluding carboxylic acids is 3. The molecule has 0 heterocycles. The van der Waals surface area contributed by atoms with Crippen LogP contribution in [0.25, 0.3) is 0 Å². The molecule has 0 radical (unpaired) electrons. The minimum atomic E-state index is -0.840. The molecule has 7 heteroatoms. The van der Waals surface area contributed by atoms with Crippen molar-refractivity contribution in [2.24, 2.45) is 5.92 Å². The molecule has 1 saturated carbocycles. The van der Waals surface area contributed by atoms with E-state index >= 15 is 0 Å². The highest BCUT2D eigenvalue weighted by atomic mass is 16.6. The number of rotatable bonds is 7. The maximum atomic E-state index is 13.7. The summed E-state index contributed by atoms with van der Waals surface area (Å²) in [5.74, 6) is -0.255. The van der Waals surface area contributed by atoms with Gasteiger partial charge < -0.3 is 20.3 Å². The summed E-state index contributed by atoms with van der Waals surface area (Å²) in [6.45, 7) is 16.8. The zero-order valence-electron chi connectivity index (χ0n) is 21.6. The van der Waals surface area contributed by atoms with Crippen LogP contribution in [0, 0.1) is 5.92 Å². The van der Waals surface area contributed by atoms with Gasteiger partial charge in [-0.3, -0.25) is 9.59 Å². The van der Waals surface area contributed by atoms with E-state index in [1.165, 1.54) is 0 Å². The van der Waals surface area contributed by atoms with Gasteiger partial charge in [-0.15, -0.1) is 0 Å². The van der Waals surface area contributed by atoms with Crippen LogP contribution in [-0.4, -0.2) is 46.0 Å². The Labute approximate surface area is 198 Å². The molecule has 4 atom stereocenters. The number of carbonyl (C=O) groups is 3. The molecule has 0 saturated heterocycles. The lowest BCUT2D eigenvalue weighted by molar-refractivity contribution is -0.143. The van der Waals surface area contributed by atoms with E-state index in [1.807, 2.05) is 45.0 Å². The van der Waals surface area contributed by atoms with Crippen LogP contribution in [0.2, 0.25) is 0 Å². The van der Waals surface area contributed by atoms with Gasteiger partial charge in [0.25, 0.3) is 0 Å². The molecule has 2 N–H and O–H groups in total. The lowest BCUT2D eigenvalue weighted by Crippen LogP contribution is -2.54. The molecule has 1 aromatic carbocycles. The smallest absolute Gasteiger partial charge is 0.408 e. The van der Waals surface area contributed by atoms with Crippen LogP contribution >= 0.6 is 0 Å². The highest BCUT2D eigenvalue weighted by Gasteiger charge is 2.47. The Bertz CT molecular complexity index is 852. The number of hydrogen-bond donors (Lipinski definition) is 2. The number of alkyl carbamates (subject to hydrolysis) is 1. The molecule has 0 aromatic heterocycles. The average molecular weight is 460 g/mol. The highest BCUT2D eigenvalue weighted by molar-refractivity contribution is 5.92. The fourth-order valence-electron chi connectivity index (χ4n) is 3.75. The molecule has 1 fully saturated rings. The summed E-state index contributed by atoms with van der Waals surface area (Å²) in [6, 6.07) is 6.13. The topological polar surface area (TPSA) is 87.7 Å². The molecule has 184 valence electrons. The highest BCUT2D eigenvalue weighted by Crippen LogP contribution is 2.40. The minimum Gasteiger partial charge on any atom is -0.444 e. The number of amides is 3. The van der Waals surface area contributed by atoms with E-state index in [4.69, 9.17) is 4.74 Å². The van der Waals surface area contributed by atoms with Crippen LogP contribution in [0.1, 0.15) is 85.9 Å². The lowest BCUT2D eigenvalue weighted by atomic mass is 9.99. The van der Waals surface area contributed by atoms with Crippen LogP contribution in [0.4, 0.5) is 4.79 Å². The molecule has 7 nitrogen and oxygen atoms in total. The van der Waals surface area contributed by atoms with Gasteiger partial charge >= 0.3 is 6.09 Å². The Kier molecular flexibility index (Phi) is 8.20. The third kappa shape index (κ3) is 7.76. The molecule has 0 spiro atoms. The molecule has 2 rings (SSSR count). The van der Waals surface area contributed by atoms with Crippen LogP contribution < -0.4 is 10.6 Å². The first-order chi connectivity index (χ1) is 15.1. The van der Waals surface area contributed by atoms with Crippen molar-refractivity contribution >= 4 is 17.9 Å². The van der Waals surface area contributed by atoms with Gasteiger partial charge in [-0.2, -0.15) is 0 Å². The maximum absolute atomic E-state index is 13.7. The van der Waals surface area contributed by atoms with Gasteiger partial charge in [0.1, 0.15) is 17.7 Å². The molecule has 0 aliphatic heterocycles. The number of aryl methyl sites for hydroxylation is 1. The molecule has 1 aliphatic rings. The van der Waals surface area contributed by atoms with Crippen molar-refractivity contribution in [3.05, 3.63) is 35.4 Å². The molecule has 1 aliphatic carbocycles. The summed E-state index contributed by atoms with van der Waals surface area (Å²) in [4.78, 5) is 41.1. The van der Waals surface area contributed by atoms with Gasteiger partial charge in [-0.25, -0.2) is 4.79 Å². The standard InChI is InChI=1S/C26H41N3O4/c1-10-18-11-13-19(14-12-18)21(22(30)28-25(4,5)6)29(20-15-16(20)2)23(31)17(3)27-24(32)33-26(7,8)9/h11-14,16-17,20-21H,10,15H2,1-9H3,(H,27,32)(H,28,30). The first-order valence-electron chi connectivity index (χ1n) is 11.9. The Morgan fingerprint density at radius 2 is 1.64 bits per heavy atom. The van der Waals surface area contributed by atoms with Crippen molar-refractivity contribution in [1.82, 2.24) is 15.5 Å². The SMILES string of the molecule is CCc1ccc(C(C(=O)NC(C)(C)C)N(C(=O)C(C)NC(=O)OC(C)(C)C)C2CC2C)cc1. The van der Waals surface area contributed by atoms with Gasteiger partial charge in [-0.05, 0) is 78.4 Å². The summed E-state index contributed by atoms with van der Waals surface area (Å²) < 4.78 is 5.32. The van der Waals surface area contributed by atoms with Crippen LogP contribution in [0.3, 0.4) is 0 Å². The fraction of sp³-hybridized carbons (Fsp3) is 0.654. The first kappa shape index (κ1) is 26.7. The number of nitrogens with zero attached hydrogens (tertiary/aromatic N) is 1. The van der Waals surface area contributed by atoms with E-state index in [2.05, 4.69) is 24.5 Å². The van der Waals surface area contributed by atoms with Crippen molar-refractivity contribution in [1.29, 1.82) is 0 Å². The summed E-state index contributed by atoms with van der Waals surface area (Å²) in [5, 5.41) is 5.69. The van der Waals surface area contributed by atoms with E-state index < -0.39 is 29.3 Å². The number of hydrogen-bond acceptors (Lipinski definition) is 4. The zero-order chi connectivity index (χ0) is 25.1. The third-order valence-electron chi connectivity index (χ3n) is 5.51. The fourth-order valence-corrected chi connectivity index (χ4v) is 3.75. The van der Waals surface area contributed by atoms with Crippen molar-refractivity contribution < 1.29 is 19.1 Å². The summed E-state index contributed by atoms with van der Waals surface area (Å²) in [5.41, 5.74) is 0.786. The summed E-state index contributed by atoms with van der Waals surface area (Å²) in [6.07, 6.45) is 1.05. The summed E-state index contributed by atoms with van der Waals surface area (Å²) >= 11 is 0. The molecule has 4 unspecified atom stereocenters. The van der Waals surface area contributed by atoms with Crippen LogP contribution in [0.15, 0.2) is 24.3 Å². The molecular formula is C26H41N3O4. The van der Waals surface area contributed by atoms with E-state index in [1.54, 1.807) is 32.6 Å². The second-order valence-corrected chi connectivity index (χ2v) is 11.1. The number of benzene rings is 1. The van der Waals surface area contributed by atoms with Crippen molar-refractivity contribution in [3.63, 3.8) is 0 Å². The van der Waals surface area contributed by atoms with Crippen molar-refractivity contribution in [2.75, 3.05) is 0 Å². The molecule has 33 heavy (non-hydrogen) atoms. The minimum absolute atomic E-state index is 0.0676. The van der Waals surface area contributed by atoms with E-state index in [9.17, 15) is 14.4 Å². The Morgan fingerprint density at radius 3 is 2.06 bits per heavy atom. The van der Waals surface area contributed by atoms with E-state index in [0.717, 1.165) is 24.0 Å². The van der Waals surface area contributed by atoms with E-state index in [0.29, 0.717) is 0 Å². The first-order valence-corrected chi connectivity index (χ1v) is 11.9. The van der Waals surface area contributed by atoms with Crippen LogP contribution in [0.5, 0.6) is 0 Å². The Hall–Kier alpha value is -2.57. The molecule has 0 bridgehead atoms. The van der Waals surface area contributed by atoms with Crippen LogP contribution in [-0.2, 0) is 20.7 Å². The van der Waals surface area contributed by atoms with Gasteiger partial charge in [0, 0.05) is 11.6 Å². The zero-order valence-corrected chi connectivity index (χ0v) is 21.6. The van der Waals surface area contributed by atoms with Gasteiger partial charge in [0.15, 0.2) is 0 Å². The monoisotopic (exact) mass is 459 g/mol. The van der Waals surface area contributed by atoms with Gasteiger partial charge in [-0.1, -0.05) is 38.1 Å². The quantitative estimate of drug-likeness (QED) is 0.634. The second kappa shape index (κ2) is 10.1. The van der Waals surface area contributed by atoms with Gasteiger partial charge in [0.2, 0.25) is 11.8 Å².